The van der Waals surface area contributed by atoms with Gasteiger partial charge in [0.2, 0.25) is 0 Å². The smallest absolute Gasteiger partial charge is 0.342 e. The Kier molecular flexibility index (Phi) is 3.28. The molecular weight excluding hydrogens is 347 g/mol. The first-order chi connectivity index (χ1) is 9.95. The molecule has 0 aliphatic carbocycles. The van der Waals surface area contributed by atoms with Crippen LogP contribution in [0, 0.1) is 0 Å². The van der Waals surface area contributed by atoms with Gasteiger partial charge in [0.05, 0.1) is 0 Å². The van der Waals surface area contributed by atoms with Gasteiger partial charge in [-0.25, -0.2) is 0 Å². The van der Waals surface area contributed by atoms with E-state index in [1.54, 1.807) is 18.2 Å². The van der Waals surface area contributed by atoms with E-state index in [0.29, 0.717) is 4.47 Å². The molecule has 21 heavy (non-hydrogen) atoms. The third-order valence-electron chi connectivity index (χ3n) is 3.23. The number of nitrogens with zero attached hydrogens (tertiary/aromatic N) is 1. The lowest BCUT2D eigenvalue weighted by Gasteiger charge is -2.25. The van der Waals surface area contributed by atoms with Crippen LogP contribution >= 0.6 is 15.9 Å². The molecule has 0 saturated heterocycles. The first-order valence-corrected chi connectivity index (χ1v) is 6.89. The van der Waals surface area contributed by atoms with Crippen molar-refractivity contribution >= 4 is 21.6 Å². The maximum absolute atomic E-state index is 14.8. The van der Waals surface area contributed by atoms with E-state index >= 15 is 0 Å². The molecule has 3 rings (SSSR count). The number of alkyl halides is 3. The number of hydrogen-bond acceptors (Lipinski definition) is 2. The summed E-state index contributed by atoms with van der Waals surface area (Å²) in [5, 5.41) is 3.29. The van der Waals surface area contributed by atoms with Crippen molar-refractivity contribution in [2.45, 2.75) is 11.8 Å². The van der Waals surface area contributed by atoms with Gasteiger partial charge >= 0.3 is 11.8 Å². The van der Waals surface area contributed by atoms with Crippen molar-refractivity contribution in [3.8, 4) is 0 Å². The molecule has 2 nitrogen and oxygen atoms in total. The van der Waals surface area contributed by atoms with Crippen LogP contribution in [0.1, 0.15) is 11.1 Å². The molecule has 0 bridgehead atoms. The topological polar surface area (TPSA) is 21.6 Å². The van der Waals surface area contributed by atoms with E-state index in [1.807, 2.05) is 0 Å². The lowest BCUT2D eigenvalue weighted by Crippen LogP contribution is -2.44. The van der Waals surface area contributed by atoms with Crippen LogP contribution in [0.15, 0.2) is 64.2 Å². The second-order valence-corrected chi connectivity index (χ2v) is 5.49. The number of halogens is 4. The van der Waals surface area contributed by atoms with E-state index in [4.69, 9.17) is 0 Å². The minimum absolute atomic E-state index is 0.124. The van der Waals surface area contributed by atoms with E-state index in [9.17, 15) is 13.2 Å². The van der Waals surface area contributed by atoms with Gasteiger partial charge in [0.1, 0.15) is 0 Å². The SMILES string of the molecule is FC1(F)C(c2ccccc2)=NOC1(F)c1ccc(Br)cc1. The number of benzene rings is 2. The number of rotatable bonds is 2. The fourth-order valence-electron chi connectivity index (χ4n) is 2.10. The second kappa shape index (κ2) is 4.87. The minimum Gasteiger partial charge on any atom is -0.342 e. The van der Waals surface area contributed by atoms with Crippen molar-refractivity contribution in [1.82, 2.24) is 0 Å². The zero-order valence-electron chi connectivity index (χ0n) is 10.6. The van der Waals surface area contributed by atoms with Crippen LogP contribution in [-0.4, -0.2) is 11.6 Å². The molecule has 108 valence electrons. The molecule has 6 heteroatoms. The van der Waals surface area contributed by atoms with Gasteiger partial charge in [-0.3, -0.25) is 0 Å². The average molecular weight is 356 g/mol. The Bertz CT molecular complexity index is 688. The number of oxime groups is 1. The monoisotopic (exact) mass is 355 g/mol. The van der Waals surface area contributed by atoms with E-state index in [0.717, 1.165) is 0 Å². The molecule has 1 unspecified atom stereocenters. The zero-order chi connectivity index (χ0) is 15.1. The van der Waals surface area contributed by atoms with Crippen LogP contribution in [0.4, 0.5) is 13.2 Å². The maximum atomic E-state index is 14.8. The first-order valence-electron chi connectivity index (χ1n) is 6.10. The normalized spacial score (nSPS) is 23.5. The summed E-state index contributed by atoms with van der Waals surface area (Å²) < 4.78 is 44.4. The summed E-state index contributed by atoms with van der Waals surface area (Å²) in [5.74, 6) is -7.19. The highest BCUT2D eigenvalue weighted by molar-refractivity contribution is 9.10. The molecule has 0 fully saturated rings. The van der Waals surface area contributed by atoms with Crippen molar-refractivity contribution in [2.24, 2.45) is 5.16 Å². The molecule has 0 spiro atoms. The zero-order valence-corrected chi connectivity index (χ0v) is 12.1. The molecular formula is C15H9BrF3NO. The van der Waals surface area contributed by atoms with Crippen molar-refractivity contribution in [1.29, 1.82) is 0 Å². The lowest BCUT2D eigenvalue weighted by molar-refractivity contribution is -0.236. The highest BCUT2D eigenvalue weighted by atomic mass is 79.9. The fourth-order valence-corrected chi connectivity index (χ4v) is 2.37. The molecule has 2 aromatic carbocycles. The predicted octanol–water partition coefficient (Wildman–Crippen LogP) is 4.64. The van der Waals surface area contributed by atoms with Crippen molar-refractivity contribution in [3.05, 3.63) is 70.2 Å². The Hall–Kier alpha value is -1.82. The van der Waals surface area contributed by atoms with E-state index in [2.05, 4.69) is 25.9 Å². The van der Waals surface area contributed by atoms with E-state index < -0.39 is 17.5 Å². The van der Waals surface area contributed by atoms with Gasteiger partial charge in [0.25, 0.3) is 0 Å². The molecule has 0 saturated carbocycles. The summed E-state index contributed by atoms with van der Waals surface area (Å²) in [7, 11) is 0. The summed E-state index contributed by atoms with van der Waals surface area (Å²) in [4.78, 5) is 4.50. The van der Waals surface area contributed by atoms with Gasteiger partial charge in [-0.2, -0.15) is 13.2 Å². The Labute approximate surface area is 127 Å². The van der Waals surface area contributed by atoms with Crippen LogP contribution in [0.5, 0.6) is 0 Å². The van der Waals surface area contributed by atoms with Crippen molar-refractivity contribution in [3.63, 3.8) is 0 Å². The Morgan fingerprint density at radius 1 is 0.905 bits per heavy atom. The molecule has 0 radical (unpaired) electrons. The van der Waals surface area contributed by atoms with Crippen LogP contribution in [0.3, 0.4) is 0 Å². The standard InChI is InChI=1S/C15H9BrF3NO/c16-12-8-6-11(7-9-12)15(19)14(17,18)13(20-21-15)10-4-2-1-3-5-10/h1-9H. The third kappa shape index (κ3) is 2.14. The van der Waals surface area contributed by atoms with Gasteiger partial charge in [0, 0.05) is 15.6 Å². The van der Waals surface area contributed by atoms with E-state index in [1.165, 1.54) is 36.4 Å². The summed E-state index contributed by atoms with van der Waals surface area (Å²) in [5.41, 5.74) is -0.877. The maximum Gasteiger partial charge on any atom is 0.368 e. The van der Waals surface area contributed by atoms with Gasteiger partial charge in [-0.15, -0.1) is 0 Å². The fraction of sp³-hybridized carbons (Fsp3) is 0.133. The molecule has 1 atom stereocenters. The van der Waals surface area contributed by atoms with E-state index in [-0.39, 0.29) is 11.1 Å². The Balaban J connectivity index is 2.03. The Morgan fingerprint density at radius 3 is 2.14 bits per heavy atom. The summed E-state index contributed by atoms with van der Waals surface area (Å²) in [6.45, 7) is 0. The van der Waals surface area contributed by atoms with Gasteiger partial charge in [0.15, 0.2) is 5.71 Å². The average Bonchev–Trinajstić information content (AvgIpc) is 2.72. The summed E-state index contributed by atoms with van der Waals surface area (Å²) >= 11 is 3.17. The molecule has 1 aliphatic heterocycles. The Morgan fingerprint density at radius 2 is 1.52 bits per heavy atom. The highest BCUT2D eigenvalue weighted by Crippen LogP contribution is 2.49. The molecule has 0 amide bonds. The molecule has 0 aromatic heterocycles. The van der Waals surface area contributed by atoms with Crippen molar-refractivity contribution < 1.29 is 18.0 Å². The quantitative estimate of drug-likeness (QED) is 0.768. The molecule has 2 aromatic rings. The third-order valence-corrected chi connectivity index (χ3v) is 3.76. The van der Waals surface area contributed by atoms with Gasteiger partial charge < -0.3 is 4.84 Å². The molecule has 1 aliphatic rings. The minimum atomic E-state index is -3.89. The van der Waals surface area contributed by atoms with Crippen LogP contribution < -0.4 is 0 Å². The van der Waals surface area contributed by atoms with Crippen molar-refractivity contribution in [2.75, 3.05) is 0 Å². The van der Waals surface area contributed by atoms with Crippen LogP contribution in [0.2, 0.25) is 0 Å². The second-order valence-electron chi connectivity index (χ2n) is 4.57. The van der Waals surface area contributed by atoms with Crippen LogP contribution in [0.25, 0.3) is 0 Å². The summed E-state index contributed by atoms with van der Waals surface area (Å²) in [6.07, 6.45) is 0. The largest absolute Gasteiger partial charge is 0.368 e. The first kappa shape index (κ1) is 14.1. The van der Waals surface area contributed by atoms with Gasteiger partial charge in [-0.05, 0) is 12.1 Å². The predicted molar refractivity (Wildman–Crippen MR) is 75.9 cm³/mol. The highest BCUT2D eigenvalue weighted by Gasteiger charge is 2.67. The summed E-state index contributed by atoms with van der Waals surface area (Å²) in [6, 6.07) is 13.1. The molecule has 0 N–H and O–H groups in total. The number of hydrogen-bond donors (Lipinski definition) is 0. The van der Waals surface area contributed by atoms with Crippen LogP contribution in [-0.2, 0) is 10.7 Å². The lowest BCUT2D eigenvalue weighted by atomic mass is 9.94. The molecule has 1 heterocycles. The van der Waals surface area contributed by atoms with Gasteiger partial charge in [-0.1, -0.05) is 63.6 Å².